The van der Waals surface area contributed by atoms with Crippen molar-refractivity contribution in [3.8, 4) is 22.9 Å². The van der Waals surface area contributed by atoms with Crippen LogP contribution in [0.25, 0.3) is 11.4 Å². The van der Waals surface area contributed by atoms with Crippen molar-refractivity contribution in [2.75, 3.05) is 19.5 Å². The van der Waals surface area contributed by atoms with E-state index in [0.29, 0.717) is 33.5 Å². The number of aromatic nitrogens is 3. The van der Waals surface area contributed by atoms with E-state index < -0.39 is 0 Å². The number of amides is 1. The van der Waals surface area contributed by atoms with E-state index in [-0.39, 0.29) is 11.9 Å². The molecular weight excluding hydrogens is 471 g/mol. The van der Waals surface area contributed by atoms with Gasteiger partial charge in [-0.3, -0.25) is 15.2 Å². The van der Waals surface area contributed by atoms with Gasteiger partial charge in [0.1, 0.15) is 11.5 Å². The van der Waals surface area contributed by atoms with Crippen LogP contribution in [-0.4, -0.2) is 35.3 Å². The number of H-pyrrole nitrogens is 1. The van der Waals surface area contributed by atoms with Crippen molar-refractivity contribution in [2.24, 2.45) is 0 Å². The summed E-state index contributed by atoms with van der Waals surface area (Å²) < 4.78 is 11.3. The van der Waals surface area contributed by atoms with E-state index in [2.05, 4.69) is 43.1 Å². The van der Waals surface area contributed by atoms with Crippen molar-refractivity contribution in [2.45, 2.75) is 0 Å². The zero-order valence-electron chi connectivity index (χ0n) is 13.8. The fraction of sp³-hybridized carbons (Fsp3) is 0.118. The summed E-state index contributed by atoms with van der Waals surface area (Å²) in [6.45, 7) is 0. The van der Waals surface area contributed by atoms with Gasteiger partial charge in [-0.1, -0.05) is 11.6 Å². The number of nitrogens with zero attached hydrogens (tertiary/aromatic N) is 2. The van der Waals surface area contributed by atoms with Crippen molar-refractivity contribution >= 4 is 46.0 Å². The lowest BCUT2D eigenvalue weighted by atomic mass is 10.2. The third-order valence-corrected chi connectivity index (χ3v) is 4.68. The molecule has 0 aliphatic heterocycles. The van der Waals surface area contributed by atoms with Gasteiger partial charge in [0.05, 0.1) is 25.3 Å². The van der Waals surface area contributed by atoms with E-state index in [1.165, 1.54) is 0 Å². The quantitative estimate of drug-likeness (QED) is 0.535. The van der Waals surface area contributed by atoms with Crippen LogP contribution < -0.4 is 14.8 Å². The Balaban J connectivity index is 1.83. The Bertz CT molecular complexity index is 961. The second kappa shape index (κ2) is 7.92. The molecule has 0 aliphatic rings. The average Bonchev–Trinajstić information content (AvgIpc) is 3.09. The van der Waals surface area contributed by atoms with Crippen LogP contribution in [0.2, 0.25) is 5.02 Å². The number of anilines is 1. The molecule has 1 aromatic heterocycles. The summed E-state index contributed by atoms with van der Waals surface area (Å²) in [6, 6.07) is 10.3. The number of benzene rings is 2. The number of ether oxygens (including phenoxy) is 2. The number of halogens is 2. The molecule has 0 saturated carbocycles. The second-order valence-corrected chi connectivity index (χ2v) is 6.75. The SMILES string of the molecule is COc1ccc(-c2nc(NC(=O)c3ccc(Cl)cc3I)n[nH]2)c(OC)c1. The topological polar surface area (TPSA) is 89.1 Å². The van der Waals surface area contributed by atoms with Crippen molar-refractivity contribution in [3.05, 3.63) is 50.6 Å². The third kappa shape index (κ3) is 3.91. The van der Waals surface area contributed by atoms with Crippen LogP contribution in [0.1, 0.15) is 10.4 Å². The number of carbonyl (C=O) groups is 1. The zero-order valence-corrected chi connectivity index (χ0v) is 16.8. The van der Waals surface area contributed by atoms with E-state index in [1.54, 1.807) is 50.6 Å². The molecule has 0 aliphatic carbocycles. The van der Waals surface area contributed by atoms with Crippen LogP contribution in [0.3, 0.4) is 0 Å². The number of hydrogen-bond acceptors (Lipinski definition) is 5. The lowest BCUT2D eigenvalue weighted by Gasteiger charge is -2.07. The van der Waals surface area contributed by atoms with E-state index in [1.807, 2.05) is 0 Å². The Labute approximate surface area is 168 Å². The highest BCUT2D eigenvalue weighted by molar-refractivity contribution is 14.1. The van der Waals surface area contributed by atoms with Gasteiger partial charge in [0.15, 0.2) is 5.82 Å². The molecule has 0 fully saturated rings. The molecule has 2 N–H and O–H groups in total. The van der Waals surface area contributed by atoms with Crippen LogP contribution in [-0.2, 0) is 0 Å². The van der Waals surface area contributed by atoms with Gasteiger partial charge in [0.25, 0.3) is 5.91 Å². The summed E-state index contributed by atoms with van der Waals surface area (Å²) in [5.41, 5.74) is 1.19. The van der Waals surface area contributed by atoms with Gasteiger partial charge in [-0.15, -0.1) is 5.10 Å². The Morgan fingerprint density at radius 2 is 2.00 bits per heavy atom. The molecule has 9 heteroatoms. The van der Waals surface area contributed by atoms with Gasteiger partial charge < -0.3 is 9.47 Å². The first-order valence-electron chi connectivity index (χ1n) is 7.43. The molecule has 2 aromatic carbocycles. The molecule has 0 radical (unpaired) electrons. The summed E-state index contributed by atoms with van der Waals surface area (Å²) in [5.74, 6) is 1.54. The molecule has 0 saturated heterocycles. The highest BCUT2D eigenvalue weighted by Gasteiger charge is 2.16. The Hall–Kier alpha value is -2.33. The molecule has 134 valence electrons. The summed E-state index contributed by atoms with van der Waals surface area (Å²) in [4.78, 5) is 16.7. The van der Waals surface area contributed by atoms with Gasteiger partial charge in [0, 0.05) is 14.7 Å². The summed E-state index contributed by atoms with van der Waals surface area (Å²) in [5, 5.41) is 10.1. The highest BCUT2D eigenvalue weighted by atomic mass is 127. The van der Waals surface area contributed by atoms with E-state index >= 15 is 0 Å². The van der Waals surface area contributed by atoms with Crippen LogP contribution >= 0.6 is 34.2 Å². The summed E-state index contributed by atoms with van der Waals surface area (Å²) >= 11 is 7.97. The minimum absolute atomic E-state index is 0.161. The van der Waals surface area contributed by atoms with Crippen molar-refractivity contribution in [1.82, 2.24) is 15.2 Å². The number of nitrogens with one attached hydrogen (secondary N) is 2. The molecule has 1 heterocycles. The normalized spacial score (nSPS) is 10.5. The van der Waals surface area contributed by atoms with Crippen LogP contribution in [0.5, 0.6) is 11.5 Å². The first-order chi connectivity index (χ1) is 12.5. The fourth-order valence-corrected chi connectivity index (χ4v) is 3.39. The number of carbonyl (C=O) groups excluding carboxylic acids is 1. The van der Waals surface area contributed by atoms with Gasteiger partial charge in [-0.25, -0.2) is 0 Å². The van der Waals surface area contributed by atoms with Gasteiger partial charge in [-0.2, -0.15) is 4.98 Å². The number of rotatable bonds is 5. The molecule has 7 nitrogen and oxygen atoms in total. The number of methoxy groups -OCH3 is 2. The first kappa shape index (κ1) is 18.5. The summed E-state index contributed by atoms with van der Waals surface area (Å²) in [6.07, 6.45) is 0. The van der Waals surface area contributed by atoms with Crippen molar-refractivity contribution in [3.63, 3.8) is 0 Å². The molecule has 0 atom stereocenters. The average molecular weight is 485 g/mol. The number of aromatic amines is 1. The predicted octanol–water partition coefficient (Wildman–Crippen LogP) is 4.00. The lowest BCUT2D eigenvalue weighted by molar-refractivity contribution is 0.102. The molecule has 0 spiro atoms. The van der Waals surface area contributed by atoms with Crippen LogP contribution in [0.15, 0.2) is 36.4 Å². The van der Waals surface area contributed by atoms with Crippen molar-refractivity contribution < 1.29 is 14.3 Å². The monoisotopic (exact) mass is 484 g/mol. The maximum Gasteiger partial charge on any atom is 0.259 e. The molecule has 0 bridgehead atoms. The van der Waals surface area contributed by atoms with Gasteiger partial charge in [0.2, 0.25) is 5.95 Å². The van der Waals surface area contributed by atoms with E-state index in [0.717, 1.165) is 3.57 Å². The standard InChI is InChI=1S/C17H14ClIN4O3/c1-25-10-4-6-12(14(8-10)26-2)15-20-17(23-22-15)21-16(24)11-5-3-9(18)7-13(11)19/h3-8H,1-2H3,(H2,20,21,22,23,24). The third-order valence-electron chi connectivity index (χ3n) is 3.55. The highest BCUT2D eigenvalue weighted by Crippen LogP contribution is 2.31. The largest absolute Gasteiger partial charge is 0.497 e. The van der Waals surface area contributed by atoms with Gasteiger partial charge >= 0.3 is 0 Å². The minimum Gasteiger partial charge on any atom is -0.497 e. The molecule has 26 heavy (non-hydrogen) atoms. The van der Waals surface area contributed by atoms with Crippen LogP contribution in [0.4, 0.5) is 5.95 Å². The fourth-order valence-electron chi connectivity index (χ4n) is 2.27. The predicted molar refractivity (Wildman–Crippen MR) is 107 cm³/mol. The Morgan fingerprint density at radius 1 is 1.19 bits per heavy atom. The lowest BCUT2D eigenvalue weighted by Crippen LogP contribution is -2.14. The van der Waals surface area contributed by atoms with E-state index in [4.69, 9.17) is 21.1 Å². The molecule has 3 aromatic rings. The molecular formula is C17H14ClIN4O3. The molecule has 1 amide bonds. The Kier molecular flexibility index (Phi) is 5.62. The van der Waals surface area contributed by atoms with Gasteiger partial charge in [-0.05, 0) is 52.9 Å². The minimum atomic E-state index is -0.321. The zero-order chi connectivity index (χ0) is 18.7. The van der Waals surface area contributed by atoms with Crippen LogP contribution in [0, 0.1) is 3.57 Å². The molecule has 0 unspecified atom stereocenters. The Morgan fingerprint density at radius 3 is 2.69 bits per heavy atom. The second-order valence-electron chi connectivity index (χ2n) is 5.15. The smallest absolute Gasteiger partial charge is 0.259 e. The molecule has 3 rings (SSSR count). The summed E-state index contributed by atoms with van der Waals surface area (Å²) in [7, 11) is 3.13. The maximum absolute atomic E-state index is 12.4. The van der Waals surface area contributed by atoms with E-state index in [9.17, 15) is 4.79 Å². The number of hydrogen-bond donors (Lipinski definition) is 2. The maximum atomic E-state index is 12.4. The first-order valence-corrected chi connectivity index (χ1v) is 8.88. The van der Waals surface area contributed by atoms with Crippen molar-refractivity contribution in [1.29, 1.82) is 0 Å².